The number of likely N-dealkylation sites (tertiary alicyclic amines) is 1. The molecule has 2 aliphatic heterocycles. The summed E-state index contributed by atoms with van der Waals surface area (Å²) in [5.41, 5.74) is 8.46. The molecule has 2 saturated heterocycles. The summed E-state index contributed by atoms with van der Waals surface area (Å²) in [5.74, 6) is 0.345. The van der Waals surface area contributed by atoms with Crippen molar-refractivity contribution in [3.05, 3.63) is 35.4 Å². The number of nitrogens with zero attached hydrogens (tertiary/aromatic N) is 1. The molecule has 6 heteroatoms. The zero-order valence-corrected chi connectivity index (χ0v) is 15.9. The lowest BCUT2D eigenvalue weighted by Gasteiger charge is -2.29. The van der Waals surface area contributed by atoms with E-state index in [9.17, 15) is 9.90 Å². The van der Waals surface area contributed by atoms with E-state index < -0.39 is 0 Å². The molecule has 3 rings (SSSR count). The maximum atomic E-state index is 12.5. The topological polar surface area (TPSA) is 76.6 Å². The van der Waals surface area contributed by atoms with Crippen LogP contribution in [-0.4, -0.2) is 60.3 Å². The van der Waals surface area contributed by atoms with Gasteiger partial charge in [-0.3, -0.25) is 15.6 Å². The number of β-amino-alcohol motifs (C(OH)–C–C–N with tert-alkyl or cyclic N) is 1. The van der Waals surface area contributed by atoms with E-state index in [1.807, 2.05) is 18.2 Å². The van der Waals surface area contributed by atoms with Gasteiger partial charge < -0.3 is 15.3 Å². The van der Waals surface area contributed by atoms with Crippen LogP contribution < -0.4 is 16.2 Å². The van der Waals surface area contributed by atoms with Gasteiger partial charge in [-0.2, -0.15) is 0 Å². The Balaban J connectivity index is 1.48. The maximum absolute atomic E-state index is 12.5. The van der Waals surface area contributed by atoms with Crippen molar-refractivity contribution in [3.8, 4) is 0 Å². The minimum atomic E-state index is -0.189. The molecule has 1 aromatic carbocycles. The number of hydrogen-bond donors (Lipinski definition) is 4. The van der Waals surface area contributed by atoms with E-state index in [1.165, 1.54) is 5.56 Å². The lowest BCUT2D eigenvalue weighted by Crippen LogP contribution is -2.39. The van der Waals surface area contributed by atoms with Gasteiger partial charge >= 0.3 is 0 Å². The first-order chi connectivity index (χ1) is 12.5. The van der Waals surface area contributed by atoms with Gasteiger partial charge in [0.25, 0.3) is 5.91 Å². The SMILES string of the molecule is CC1NNC(C)C1c1cccc(C(=O)NCCCN2CCCC(O)C2)c1. The molecule has 1 aromatic rings. The lowest BCUT2D eigenvalue weighted by molar-refractivity contribution is 0.0697. The smallest absolute Gasteiger partial charge is 0.251 e. The van der Waals surface area contributed by atoms with Gasteiger partial charge in [0.1, 0.15) is 0 Å². The van der Waals surface area contributed by atoms with E-state index >= 15 is 0 Å². The third-order valence-corrected chi connectivity index (χ3v) is 5.57. The van der Waals surface area contributed by atoms with Gasteiger partial charge in [0.2, 0.25) is 0 Å². The molecule has 3 unspecified atom stereocenters. The van der Waals surface area contributed by atoms with Crippen LogP contribution in [0.25, 0.3) is 0 Å². The molecule has 3 atom stereocenters. The molecule has 0 bridgehead atoms. The number of carbonyl (C=O) groups excluding carboxylic acids is 1. The molecule has 0 aromatic heterocycles. The normalized spacial score (nSPS) is 29.7. The molecule has 2 aliphatic rings. The Bertz CT molecular complexity index is 599. The predicted molar refractivity (Wildman–Crippen MR) is 103 cm³/mol. The first kappa shape index (κ1) is 19.3. The van der Waals surface area contributed by atoms with Crippen molar-refractivity contribution in [1.29, 1.82) is 0 Å². The highest BCUT2D eigenvalue weighted by molar-refractivity contribution is 5.94. The highest BCUT2D eigenvalue weighted by atomic mass is 16.3. The minimum Gasteiger partial charge on any atom is -0.392 e. The van der Waals surface area contributed by atoms with Crippen molar-refractivity contribution in [2.45, 2.75) is 57.2 Å². The molecular weight excluding hydrogens is 328 g/mol. The van der Waals surface area contributed by atoms with E-state index in [0.29, 0.717) is 24.5 Å². The molecule has 0 saturated carbocycles. The number of piperidine rings is 1. The van der Waals surface area contributed by atoms with Crippen LogP contribution in [0.3, 0.4) is 0 Å². The number of amides is 1. The summed E-state index contributed by atoms with van der Waals surface area (Å²) >= 11 is 0. The molecule has 2 fully saturated rings. The van der Waals surface area contributed by atoms with E-state index in [0.717, 1.165) is 44.5 Å². The summed E-state index contributed by atoms with van der Waals surface area (Å²) in [7, 11) is 0. The molecule has 144 valence electrons. The Morgan fingerprint density at radius 1 is 1.31 bits per heavy atom. The van der Waals surface area contributed by atoms with Crippen LogP contribution in [0.15, 0.2) is 24.3 Å². The second-order valence-electron chi connectivity index (χ2n) is 7.72. The van der Waals surface area contributed by atoms with E-state index in [4.69, 9.17) is 0 Å². The fourth-order valence-corrected chi connectivity index (χ4v) is 4.18. The highest BCUT2D eigenvalue weighted by Gasteiger charge is 2.31. The van der Waals surface area contributed by atoms with Crippen LogP contribution in [0.1, 0.15) is 54.9 Å². The summed E-state index contributed by atoms with van der Waals surface area (Å²) in [6.07, 6.45) is 2.68. The van der Waals surface area contributed by atoms with Crippen molar-refractivity contribution in [1.82, 2.24) is 21.1 Å². The third-order valence-electron chi connectivity index (χ3n) is 5.57. The first-order valence-corrected chi connectivity index (χ1v) is 9.84. The van der Waals surface area contributed by atoms with E-state index in [1.54, 1.807) is 0 Å². The maximum Gasteiger partial charge on any atom is 0.251 e. The monoisotopic (exact) mass is 360 g/mol. The van der Waals surface area contributed by atoms with Gasteiger partial charge in [-0.1, -0.05) is 12.1 Å². The third kappa shape index (κ3) is 4.82. The molecule has 4 N–H and O–H groups in total. The number of hydrogen-bond acceptors (Lipinski definition) is 5. The zero-order valence-electron chi connectivity index (χ0n) is 15.9. The number of nitrogens with one attached hydrogen (secondary N) is 3. The summed E-state index contributed by atoms with van der Waals surface area (Å²) in [4.78, 5) is 14.8. The number of aliphatic hydroxyl groups is 1. The molecule has 0 radical (unpaired) electrons. The van der Waals surface area contributed by atoms with Crippen molar-refractivity contribution in [3.63, 3.8) is 0 Å². The largest absolute Gasteiger partial charge is 0.392 e. The van der Waals surface area contributed by atoms with Gasteiger partial charge in [-0.15, -0.1) is 0 Å². The molecular formula is C20H32N4O2. The second-order valence-corrected chi connectivity index (χ2v) is 7.72. The zero-order chi connectivity index (χ0) is 18.5. The summed E-state index contributed by atoms with van der Waals surface area (Å²) in [6, 6.07) is 8.64. The fraction of sp³-hybridized carbons (Fsp3) is 0.650. The van der Waals surface area contributed by atoms with E-state index in [2.05, 4.69) is 41.0 Å². The predicted octanol–water partition coefficient (Wildman–Crippen LogP) is 1.23. The van der Waals surface area contributed by atoms with Crippen molar-refractivity contribution in [2.24, 2.45) is 0 Å². The molecule has 26 heavy (non-hydrogen) atoms. The number of hydrazine groups is 1. The van der Waals surface area contributed by atoms with Crippen LogP contribution >= 0.6 is 0 Å². The van der Waals surface area contributed by atoms with E-state index in [-0.39, 0.29) is 12.0 Å². The Labute approximate surface area is 156 Å². The van der Waals surface area contributed by atoms with Gasteiger partial charge in [-0.05, 0) is 63.9 Å². The number of carbonyl (C=O) groups is 1. The average Bonchev–Trinajstić information content (AvgIpc) is 2.97. The average molecular weight is 361 g/mol. The number of benzene rings is 1. The van der Waals surface area contributed by atoms with Gasteiger partial charge in [-0.25, -0.2) is 0 Å². The van der Waals surface area contributed by atoms with Crippen LogP contribution in [0.2, 0.25) is 0 Å². The fourth-order valence-electron chi connectivity index (χ4n) is 4.18. The van der Waals surface area contributed by atoms with Gasteiger partial charge in [0.05, 0.1) is 6.10 Å². The lowest BCUT2D eigenvalue weighted by atomic mass is 9.88. The Morgan fingerprint density at radius 3 is 2.81 bits per heavy atom. The van der Waals surface area contributed by atoms with Crippen LogP contribution in [0, 0.1) is 0 Å². The Hall–Kier alpha value is -1.47. The molecule has 0 spiro atoms. The van der Waals surface area contributed by atoms with Crippen LogP contribution in [-0.2, 0) is 0 Å². The minimum absolute atomic E-state index is 0.00949. The molecule has 1 amide bonds. The standard InChI is InChI=1S/C20H32N4O2/c1-14-19(15(2)23-22-14)16-6-3-7-17(12-16)20(26)21-9-5-11-24-10-4-8-18(25)13-24/h3,6-7,12,14-15,18-19,22-23,25H,4-5,8-11,13H2,1-2H3,(H,21,26). The number of aliphatic hydroxyl groups excluding tert-OH is 1. The molecule has 6 nitrogen and oxygen atoms in total. The number of rotatable bonds is 6. The summed E-state index contributed by atoms with van der Waals surface area (Å²) in [6.45, 7) is 7.71. The summed E-state index contributed by atoms with van der Waals surface area (Å²) in [5, 5.41) is 12.7. The summed E-state index contributed by atoms with van der Waals surface area (Å²) < 4.78 is 0. The van der Waals surface area contributed by atoms with Crippen molar-refractivity contribution < 1.29 is 9.90 Å². The van der Waals surface area contributed by atoms with Gasteiger partial charge in [0, 0.05) is 36.7 Å². The Morgan fingerprint density at radius 2 is 2.08 bits per heavy atom. The quantitative estimate of drug-likeness (QED) is 0.574. The second kappa shape index (κ2) is 8.95. The first-order valence-electron chi connectivity index (χ1n) is 9.84. The van der Waals surface area contributed by atoms with Gasteiger partial charge in [0.15, 0.2) is 0 Å². The highest BCUT2D eigenvalue weighted by Crippen LogP contribution is 2.27. The van der Waals surface area contributed by atoms with Crippen molar-refractivity contribution in [2.75, 3.05) is 26.2 Å². The molecule has 2 heterocycles. The molecule has 0 aliphatic carbocycles. The Kier molecular flexibility index (Phi) is 6.64. The van der Waals surface area contributed by atoms with Crippen LogP contribution in [0.4, 0.5) is 0 Å². The van der Waals surface area contributed by atoms with Crippen molar-refractivity contribution >= 4 is 5.91 Å². The van der Waals surface area contributed by atoms with Crippen LogP contribution in [0.5, 0.6) is 0 Å².